The van der Waals surface area contributed by atoms with Crippen LogP contribution in [0.15, 0.2) is 324 Å². The van der Waals surface area contributed by atoms with E-state index in [9.17, 15) is 0 Å². The Kier molecular flexibility index (Phi) is 11.1. The van der Waals surface area contributed by atoms with Crippen molar-refractivity contribution < 1.29 is 8.83 Å². The van der Waals surface area contributed by atoms with Crippen LogP contribution >= 0.6 is 0 Å². The first-order valence-electron chi connectivity index (χ1n) is 29.1. The normalized spacial score (nSPS) is 12.6. The monoisotopic (exact) mass is 1080 g/mol. The fraction of sp³-hybridized carbons (Fsp3) is 0.0123. The van der Waals surface area contributed by atoms with Gasteiger partial charge in [-0.2, -0.15) is 0 Å². The molecule has 0 fully saturated rings. The molecule has 2 heterocycles. The van der Waals surface area contributed by atoms with E-state index >= 15 is 0 Å². The van der Waals surface area contributed by atoms with Gasteiger partial charge in [-0.1, -0.05) is 255 Å². The summed E-state index contributed by atoms with van der Waals surface area (Å²) in [5.41, 5.74) is 20.7. The van der Waals surface area contributed by atoms with Crippen molar-refractivity contribution in [2.75, 3.05) is 9.80 Å². The third-order valence-corrected chi connectivity index (χ3v) is 17.7. The van der Waals surface area contributed by atoms with Gasteiger partial charge in [0.1, 0.15) is 11.2 Å². The van der Waals surface area contributed by atoms with Gasteiger partial charge in [0.2, 0.25) is 0 Å². The summed E-state index contributed by atoms with van der Waals surface area (Å²) in [6.07, 6.45) is 0. The molecule has 0 amide bonds. The molecule has 0 N–H and O–H groups in total. The molecular weight excluding hydrogens is 1030 g/mol. The maximum atomic E-state index is 6.87. The number of furan rings is 2. The maximum absolute atomic E-state index is 6.87. The molecule has 4 heteroatoms. The first kappa shape index (κ1) is 48.5. The van der Waals surface area contributed by atoms with E-state index in [-0.39, 0.29) is 0 Å². The lowest BCUT2D eigenvalue weighted by Gasteiger charge is -2.36. The number of hydrogen-bond donors (Lipinski definition) is 0. The first-order chi connectivity index (χ1) is 42.2. The molecule has 16 aromatic rings. The van der Waals surface area contributed by atoms with Crippen molar-refractivity contribution in [1.29, 1.82) is 0 Å². The zero-order chi connectivity index (χ0) is 56.0. The lowest BCUT2D eigenvalue weighted by Crippen LogP contribution is -2.29. The Morgan fingerprint density at radius 2 is 0.612 bits per heavy atom. The van der Waals surface area contributed by atoms with Gasteiger partial charge >= 0.3 is 0 Å². The third-order valence-electron chi connectivity index (χ3n) is 17.7. The Morgan fingerprint density at radius 3 is 1.06 bits per heavy atom. The Morgan fingerprint density at radius 1 is 0.247 bits per heavy atom. The van der Waals surface area contributed by atoms with Crippen molar-refractivity contribution in [1.82, 2.24) is 0 Å². The van der Waals surface area contributed by atoms with Crippen LogP contribution in [0.1, 0.15) is 22.3 Å². The van der Waals surface area contributed by atoms with Crippen molar-refractivity contribution in [3.63, 3.8) is 0 Å². The molecular formula is C81H52N2O2. The summed E-state index contributed by atoms with van der Waals surface area (Å²) in [6, 6.07) is 115. The van der Waals surface area contributed by atoms with Crippen molar-refractivity contribution in [2.24, 2.45) is 0 Å². The summed E-state index contributed by atoms with van der Waals surface area (Å²) in [5, 5.41) is 9.00. The van der Waals surface area contributed by atoms with E-state index in [4.69, 9.17) is 8.83 Å². The van der Waals surface area contributed by atoms with Crippen LogP contribution in [0.2, 0.25) is 0 Å². The average Bonchev–Trinajstić information content (AvgIpc) is 2.44. The number of para-hydroxylation sites is 6. The Bertz CT molecular complexity index is 4930. The number of benzene rings is 14. The van der Waals surface area contributed by atoms with Crippen LogP contribution in [-0.2, 0) is 5.41 Å². The second-order valence-electron chi connectivity index (χ2n) is 22.2. The molecule has 2 aromatic heterocycles. The minimum absolute atomic E-state index is 0.728. The standard InChI is InChI=1S/C81H52N2O2/c1-5-23-53(24-6-1)61-31-13-17-37-71(61)82(73-39-21-35-69-65-33-15-19-41-75(65)84-79(69)73)59-45-49-63-55(51-59)43-47-67-68-48-44-56-52-60(46-50-64(56)78(68)81(77(63)67,57-27-9-3-10-28-57)58-29-11-4-12-30-58)83(72-38-18-14-32-62(72)54-25-7-2-8-26-54)74-40-22-36-70-66-34-16-20-42-76(66)85-80(70)74/h1-52H. The predicted molar refractivity (Wildman–Crippen MR) is 354 cm³/mol. The molecule has 0 saturated carbocycles. The largest absolute Gasteiger partial charge is 0.454 e. The summed E-state index contributed by atoms with van der Waals surface area (Å²) in [5.74, 6) is 0. The molecule has 0 atom stereocenters. The van der Waals surface area contributed by atoms with Gasteiger partial charge < -0.3 is 18.6 Å². The summed E-state index contributed by atoms with van der Waals surface area (Å²) in [4.78, 5) is 4.80. The summed E-state index contributed by atoms with van der Waals surface area (Å²) >= 11 is 0. The molecule has 398 valence electrons. The van der Waals surface area contributed by atoms with Crippen molar-refractivity contribution in [3.05, 3.63) is 338 Å². The van der Waals surface area contributed by atoms with E-state index in [1.54, 1.807) is 0 Å². The quantitative estimate of drug-likeness (QED) is 0.137. The minimum atomic E-state index is -0.728. The second kappa shape index (κ2) is 19.5. The molecule has 17 rings (SSSR count). The van der Waals surface area contributed by atoms with Gasteiger partial charge in [-0.15, -0.1) is 0 Å². The predicted octanol–water partition coefficient (Wildman–Crippen LogP) is 22.4. The number of rotatable bonds is 10. The lowest BCUT2D eigenvalue weighted by atomic mass is 9.66. The molecule has 1 aliphatic carbocycles. The number of nitrogens with zero attached hydrogens (tertiary/aromatic N) is 2. The van der Waals surface area contributed by atoms with Crippen LogP contribution in [-0.4, -0.2) is 0 Å². The second-order valence-corrected chi connectivity index (χ2v) is 22.2. The number of fused-ring (bicyclic) bond motifs is 13. The molecule has 1 aliphatic rings. The number of hydrogen-bond acceptors (Lipinski definition) is 4. The highest BCUT2D eigenvalue weighted by molar-refractivity contribution is 6.14. The highest BCUT2D eigenvalue weighted by Crippen LogP contribution is 2.61. The van der Waals surface area contributed by atoms with Gasteiger partial charge in [-0.25, -0.2) is 0 Å². The van der Waals surface area contributed by atoms with E-state index in [0.29, 0.717) is 0 Å². The zero-order valence-corrected chi connectivity index (χ0v) is 46.2. The fourth-order valence-corrected chi connectivity index (χ4v) is 14.1. The summed E-state index contributed by atoms with van der Waals surface area (Å²) in [6.45, 7) is 0. The Balaban J connectivity index is 0.901. The fourth-order valence-electron chi connectivity index (χ4n) is 14.1. The van der Waals surface area contributed by atoms with E-state index < -0.39 is 5.41 Å². The van der Waals surface area contributed by atoms with Crippen LogP contribution < -0.4 is 9.80 Å². The molecule has 14 aromatic carbocycles. The molecule has 0 bridgehead atoms. The SMILES string of the molecule is c1ccc(-c2ccccc2N(c2ccc3c4c(ccc3c2)-c2ccc3cc(N(c5ccccc5-c5ccccc5)c5cccc6c5oc5ccccc56)ccc3c2C4(c2ccccc2)c2ccccc2)c2cccc3c2oc2ccccc23)cc1. The molecule has 0 aliphatic heterocycles. The third kappa shape index (κ3) is 7.49. The topological polar surface area (TPSA) is 32.8 Å². The van der Waals surface area contributed by atoms with Crippen molar-refractivity contribution >= 4 is 99.5 Å². The molecule has 0 radical (unpaired) electrons. The van der Waals surface area contributed by atoms with Crippen molar-refractivity contribution in [2.45, 2.75) is 5.41 Å². The van der Waals surface area contributed by atoms with Crippen molar-refractivity contribution in [3.8, 4) is 33.4 Å². The van der Waals surface area contributed by atoms with E-state index in [0.717, 1.165) is 111 Å². The Hall–Kier alpha value is -11.2. The zero-order valence-electron chi connectivity index (χ0n) is 46.2. The van der Waals surface area contributed by atoms with Crippen LogP contribution in [0.4, 0.5) is 34.1 Å². The maximum Gasteiger partial charge on any atom is 0.159 e. The van der Waals surface area contributed by atoms with Gasteiger partial charge in [-0.3, -0.25) is 0 Å². The van der Waals surface area contributed by atoms with E-state index in [1.807, 2.05) is 12.1 Å². The Labute approximate surface area is 492 Å². The van der Waals surface area contributed by atoms with E-state index in [2.05, 4.69) is 313 Å². The van der Waals surface area contributed by atoms with Gasteiger partial charge in [-0.05, 0) is 127 Å². The van der Waals surface area contributed by atoms with Gasteiger partial charge in [0.15, 0.2) is 11.2 Å². The average molecular weight is 1090 g/mol. The molecule has 4 nitrogen and oxygen atoms in total. The smallest absolute Gasteiger partial charge is 0.159 e. The van der Waals surface area contributed by atoms with Crippen LogP contribution in [0.5, 0.6) is 0 Å². The summed E-state index contributed by atoms with van der Waals surface area (Å²) < 4.78 is 13.7. The molecule has 0 spiro atoms. The summed E-state index contributed by atoms with van der Waals surface area (Å²) in [7, 11) is 0. The van der Waals surface area contributed by atoms with Gasteiger partial charge in [0.05, 0.1) is 28.2 Å². The van der Waals surface area contributed by atoms with Crippen LogP contribution in [0, 0.1) is 0 Å². The minimum Gasteiger partial charge on any atom is -0.454 e. The van der Waals surface area contributed by atoms with Crippen LogP contribution in [0.3, 0.4) is 0 Å². The number of anilines is 6. The molecule has 0 saturated heterocycles. The highest BCUT2D eigenvalue weighted by Gasteiger charge is 2.48. The van der Waals surface area contributed by atoms with Crippen LogP contribution in [0.25, 0.3) is 98.8 Å². The van der Waals surface area contributed by atoms with Gasteiger partial charge in [0, 0.05) is 44.0 Å². The highest BCUT2D eigenvalue weighted by atomic mass is 16.3. The lowest BCUT2D eigenvalue weighted by molar-refractivity contribution is 0.668. The van der Waals surface area contributed by atoms with E-state index in [1.165, 1.54) is 44.2 Å². The molecule has 0 unspecified atom stereocenters. The molecule has 85 heavy (non-hydrogen) atoms. The van der Waals surface area contributed by atoms with Gasteiger partial charge in [0.25, 0.3) is 0 Å². The first-order valence-corrected chi connectivity index (χ1v) is 29.1.